The fourth-order valence-corrected chi connectivity index (χ4v) is 2.07. The van der Waals surface area contributed by atoms with Crippen LogP contribution in [0.5, 0.6) is 0 Å². The Morgan fingerprint density at radius 3 is 2.62 bits per heavy atom. The number of hydrogen-bond donors (Lipinski definition) is 0. The molecule has 2 rings (SSSR count). The number of hydrogen-bond acceptors (Lipinski definition) is 5. The molecule has 7 nitrogen and oxygen atoms in total. The highest BCUT2D eigenvalue weighted by Crippen LogP contribution is 2.33. The highest BCUT2D eigenvalue weighted by Gasteiger charge is 2.37. The smallest absolute Gasteiger partial charge is 0.299 e. The fourth-order valence-electron chi connectivity index (χ4n) is 2.07. The molecule has 0 aromatic heterocycles. The van der Waals surface area contributed by atoms with E-state index in [4.69, 9.17) is 5.26 Å². The van der Waals surface area contributed by atoms with E-state index in [0.717, 1.165) is 6.07 Å². The number of nitro groups is 1. The van der Waals surface area contributed by atoms with Gasteiger partial charge >= 0.3 is 0 Å². The van der Waals surface area contributed by atoms with Crippen LogP contribution in [-0.2, 0) is 4.79 Å². The zero-order valence-corrected chi connectivity index (χ0v) is 11.6. The molecule has 1 aliphatic rings. The van der Waals surface area contributed by atoms with E-state index in [0.29, 0.717) is 12.1 Å². The summed E-state index contributed by atoms with van der Waals surface area (Å²) in [6.07, 6.45) is 0.402. The summed E-state index contributed by atoms with van der Waals surface area (Å²) in [5.74, 6) is -1.46. The first kappa shape index (κ1) is 14.7. The first-order valence-electron chi connectivity index (χ1n) is 6.33. The summed E-state index contributed by atoms with van der Waals surface area (Å²) < 4.78 is 0. The van der Waals surface area contributed by atoms with Crippen molar-refractivity contribution in [3.8, 4) is 6.07 Å². The Morgan fingerprint density at radius 2 is 2.05 bits per heavy atom. The van der Waals surface area contributed by atoms with Gasteiger partial charge in [-0.3, -0.25) is 19.7 Å². The van der Waals surface area contributed by atoms with Gasteiger partial charge < -0.3 is 4.90 Å². The standard InChI is InChI=1S/C14H13N3O4/c1-14(2,8-15)5-6-16-11-4-3-9(17(20)21)7-10(11)12(18)13(16)19/h3-4,7H,5-6H2,1-2H3. The van der Waals surface area contributed by atoms with Crippen LogP contribution >= 0.6 is 0 Å². The number of amides is 1. The second kappa shape index (κ2) is 4.98. The molecule has 21 heavy (non-hydrogen) atoms. The molecule has 0 spiro atoms. The van der Waals surface area contributed by atoms with Gasteiger partial charge in [-0.1, -0.05) is 0 Å². The van der Waals surface area contributed by atoms with Crippen molar-refractivity contribution in [3.05, 3.63) is 33.9 Å². The van der Waals surface area contributed by atoms with Gasteiger partial charge in [0, 0.05) is 18.7 Å². The van der Waals surface area contributed by atoms with Crippen molar-refractivity contribution in [1.29, 1.82) is 5.26 Å². The molecular formula is C14H13N3O4. The van der Waals surface area contributed by atoms with Gasteiger partial charge in [0.2, 0.25) is 0 Å². The van der Waals surface area contributed by atoms with E-state index in [1.54, 1.807) is 13.8 Å². The third kappa shape index (κ3) is 2.60. The molecule has 0 saturated carbocycles. The Hall–Kier alpha value is -2.75. The lowest BCUT2D eigenvalue weighted by molar-refractivity contribution is -0.384. The van der Waals surface area contributed by atoms with Crippen LogP contribution in [0.4, 0.5) is 11.4 Å². The Kier molecular flexibility index (Phi) is 3.47. The van der Waals surface area contributed by atoms with Crippen LogP contribution in [0.25, 0.3) is 0 Å². The van der Waals surface area contributed by atoms with Gasteiger partial charge in [0.05, 0.1) is 27.7 Å². The van der Waals surface area contributed by atoms with E-state index in [-0.39, 0.29) is 17.8 Å². The summed E-state index contributed by atoms with van der Waals surface area (Å²) >= 11 is 0. The first-order chi connectivity index (χ1) is 9.76. The molecule has 1 aromatic rings. The minimum absolute atomic E-state index is 0.0453. The number of fused-ring (bicyclic) bond motifs is 1. The van der Waals surface area contributed by atoms with Crippen molar-refractivity contribution in [2.75, 3.05) is 11.4 Å². The number of nitrogens with zero attached hydrogens (tertiary/aromatic N) is 3. The molecule has 1 aromatic carbocycles. The number of Topliss-reactive ketones (excluding diaryl/α,β-unsaturated/α-hetero) is 1. The largest absolute Gasteiger partial charge is 0.305 e. The molecule has 0 unspecified atom stereocenters. The second-order valence-electron chi connectivity index (χ2n) is 5.49. The van der Waals surface area contributed by atoms with Gasteiger partial charge in [-0.2, -0.15) is 5.26 Å². The zero-order valence-electron chi connectivity index (χ0n) is 11.6. The summed E-state index contributed by atoms with van der Waals surface area (Å²) in [4.78, 5) is 35.3. The monoisotopic (exact) mass is 287 g/mol. The predicted octanol–water partition coefficient (Wildman–Crippen LogP) is 2.06. The quantitative estimate of drug-likeness (QED) is 0.479. The average Bonchev–Trinajstić information content (AvgIpc) is 2.68. The Labute approximate surface area is 120 Å². The van der Waals surface area contributed by atoms with E-state index in [9.17, 15) is 19.7 Å². The van der Waals surface area contributed by atoms with Crippen LogP contribution in [0.2, 0.25) is 0 Å². The number of nitro benzene ring substituents is 1. The summed E-state index contributed by atoms with van der Waals surface area (Å²) in [7, 11) is 0. The number of benzene rings is 1. The predicted molar refractivity (Wildman–Crippen MR) is 73.8 cm³/mol. The van der Waals surface area contributed by atoms with Crippen molar-refractivity contribution < 1.29 is 14.5 Å². The Morgan fingerprint density at radius 1 is 1.38 bits per heavy atom. The van der Waals surface area contributed by atoms with Crippen LogP contribution in [0.1, 0.15) is 30.6 Å². The highest BCUT2D eigenvalue weighted by molar-refractivity contribution is 6.52. The number of non-ortho nitro benzene ring substituents is 1. The lowest BCUT2D eigenvalue weighted by atomic mass is 9.91. The van der Waals surface area contributed by atoms with Crippen LogP contribution in [0.3, 0.4) is 0 Å². The van der Waals surface area contributed by atoms with Gasteiger partial charge in [-0.25, -0.2) is 0 Å². The van der Waals surface area contributed by atoms with Crippen molar-refractivity contribution in [2.24, 2.45) is 5.41 Å². The maximum Gasteiger partial charge on any atom is 0.299 e. The molecule has 108 valence electrons. The normalized spacial score (nSPS) is 14.0. The number of nitriles is 1. The Bertz CT molecular complexity index is 688. The van der Waals surface area contributed by atoms with E-state index < -0.39 is 22.0 Å². The van der Waals surface area contributed by atoms with Gasteiger partial charge in [0.25, 0.3) is 17.4 Å². The summed E-state index contributed by atoms with van der Waals surface area (Å²) in [5.41, 5.74) is -0.435. The van der Waals surface area contributed by atoms with E-state index >= 15 is 0 Å². The molecule has 0 N–H and O–H groups in total. The van der Waals surface area contributed by atoms with Crippen molar-refractivity contribution in [2.45, 2.75) is 20.3 Å². The maximum atomic E-state index is 12.0. The number of carbonyl (C=O) groups excluding carboxylic acids is 2. The number of rotatable bonds is 4. The minimum Gasteiger partial charge on any atom is -0.305 e. The minimum atomic E-state index is -0.747. The zero-order chi connectivity index (χ0) is 15.8. The molecule has 0 fully saturated rings. The average molecular weight is 287 g/mol. The van der Waals surface area contributed by atoms with Gasteiger partial charge in [0.1, 0.15) is 0 Å². The first-order valence-corrected chi connectivity index (χ1v) is 6.33. The molecule has 0 aliphatic carbocycles. The fraction of sp³-hybridized carbons (Fsp3) is 0.357. The van der Waals surface area contributed by atoms with Crippen LogP contribution < -0.4 is 4.90 Å². The molecule has 0 radical (unpaired) electrons. The molecule has 0 bridgehead atoms. The molecule has 1 heterocycles. The molecule has 0 saturated heterocycles. The lowest BCUT2D eigenvalue weighted by Gasteiger charge is -2.21. The van der Waals surface area contributed by atoms with Crippen LogP contribution in [0.15, 0.2) is 18.2 Å². The molecule has 1 aliphatic heterocycles. The number of ketones is 1. The van der Waals surface area contributed by atoms with Crippen molar-refractivity contribution >= 4 is 23.1 Å². The van der Waals surface area contributed by atoms with E-state index in [2.05, 4.69) is 6.07 Å². The van der Waals surface area contributed by atoms with Gasteiger partial charge in [-0.05, 0) is 26.3 Å². The van der Waals surface area contributed by atoms with E-state index in [1.807, 2.05) is 0 Å². The van der Waals surface area contributed by atoms with Crippen molar-refractivity contribution in [3.63, 3.8) is 0 Å². The third-order valence-electron chi connectivity index (χ3n) is 3.43. The topological polar surface area (TPSA) is 104 Å². The second-order valence-corrected chi connectivity index (χ2v) is 5.49. The molecule has 1 amide bonds. The lowest BCUT2D eigenvalue weighted by Crippen LogP contribution is -2.32. The number of anilines is 1. The summed E-state index contributed by atoms with van der Waals surface area (Å²) in [6.45, 7) is 3.70. The molecule has 7 heteroatoms. The summed E-state index contributed by atoms with van der Waals surface area (Å²) in [6, 6.07) is 5.90. The van der Waals surface area contributed by atoms with Crippen molar-refractivity contribution in [1.82, 2.24) is 0 Å². The molecule has 0 atom stereocenters. The molecular weight excluding hydrogens is 274 g/mol. The number of carbonyl (C=O) groups is 2. The van der Waals surface area contributed by atoms with E-state index in [1.165, 1.54) is 17.0 Å². The van der Waals surface area contributed by atoms with Gasteiger partial charge in [0.15, 0.2) is 0 Å². The Balaban J connectivity index is 2.32. The maximum absolute atomic E-state index is 12.0. The van der Waals surface area contributed by atoms with Crippen LogP contribution in [0, 0.1) is 26.9 Å². The SMILES string of the molecule is CC(C)(C#N)CCN1C(=O)C(=O)c2cc([N+](=O)[O-])ccc21. The highest BCUT2D eigenvalue weighted by atomic mass is 16.6. The van der Waals surface area contributed by atoms with Crippen LogP contribution in [-0.4, -0.2) is 23.2 Å². The third-order valence-corrected chi connectivity index (χ3v) is 3.43. The summed E-state index contributed by atoms with van der Waals surface area (Å²) in [5, 5.41) is 19.7. The van der Waals surface area contributed by atoms with Gasteiger partial charge in [-0.15, -0.1) is 0 Å².